The van der Waals surface area contributed by atoms with Gasteiger partial charge in [-0.3, -0.25) is 0 Å². The van der Waals surface area contributed by atoms with Gasteiger partial charge in [-0.1, -0.05) is 20.8 Å². The second kappa shape index (κ2) is 7.01. The first-order valence-corrected chi connectivity index (χ1v) is 9.05. The standard InChI is InChI=1S/C18H26N6O2/c1-5-23-11-19-22-16(23)12-7-6-8-24(10-12)14-9-13(18(2,3)4)20-15(21-14)17(25)26/h9,11-12H,5-8,10H2,1-4H3,(H,25,26). The van der Waals surface area contributed by atoms with Crippen molar-refractivity contribution in [3.8, 4) is 0 Å². The zero-order valence-corrected chi connectivity index (χ0v) is 15.8. The molecule has 26 heavy (non-hydrogen) atoms. The molecule has 0 bridgehead atoms. The molecule has 8 nitrogen and oxygen atoms in total. The molecular formula is C18H26N6O2. The Morgan fingerprint density at radius 3 is 2.77 bits per heavy atom. The molecule has 0 aromatic carbocycles. The van der Waals surface area contributed by atoms with Gasteiger partial charge in [0.1, 0.15) is 18.0 Å². The second-order valence-electron chi connectivity index (χ2n) is 7.75. The molecule has 1 aliphatic rings. The normalized spacial score (nSPS) is 18.2. The summed E-state index contributed by atoms with van der Waals surface area (Å²) in [4.78, 5) is 22.2. The van der Waals surface area contributed by atoms with Crippen LogP contribution in [0.15, 0.2) is 12.4 Å². The van der Waals surface area contributed by atoms with E-state index in [1.54, 1.807) is 6.33 Å². The molecule has 1 saturated heterocycles. The molecule has 8 heteroatoms. The Morgan fingerprint density at radius 2 is 2.12 bits per heavy atom. The number of nitrogens with zero attached hydrogens (tertiary/aromatic N) is 6. The molecule has 2 aromatic rings. The van der Waals surface area contributed by atoms with Crippen LogP contribution in [0.5, 0.6) is 0 Å². The van der Waals surface area contributed by atoms with Crippen molar-refractivity contribution < 1.29 is 9.90 Å². The van der Waals surface area contributed by atoms with Crippen molar-refractivity contribution in [2.45, 2.75) is 58.4 Å². The maximum absolute atomic E-state index is 11.5. The molecule has 0 saturated carbocycles. The van der Waals surface area contributed by atoms with Crippen molar-refractivity contribution in [2.24, 2.45) is 0 Å². The van der Waals surface area contributed by atoms with E-state index in [-0.39, 0.29) is 17.2 Å². The van der Waals surface area contributed by atoms with Crippen molar-refractivity contribution in [1.82, 2.24) is 24.7 Å². The summed E-state index contributed by atoms with van der Waals surface area (Å²) in [6, 6.07) is 1.92. The maximum atomic E-state index is 11.5. The lowest BCUT2D eigenvalue weighted by molar-refractivity contribution is 0.0683. The molecule has 1 N–H and O–H groups in total. The third-order valence-corrected chi connectivity index (χ3v) is 4.77. The highest BCUT2D eigenvalue weighted by molar-refractivity contribution is 5.83. The zero-order chi connectivity index (χ0) is 18.9. The number of aromatic nitrogens is 5. The molecule has 1 aliphatic heterocycles. The van der Waals surface area contributed by atoms with Crippen molar-refractivity contribution in [3.63, 3.8) is 0 Å². The zero-order valence-electron chi connectivity index (χ0n) is 15.8. The quantitative estimate of drug-likeness (QED) is 0.896. The number of piperidine rings is 1. The average Bonchev–Trinajstić information content (AvgIpc) is 3.09. The summed E-state index contributed by atoms with van der Waals surface area (Å²) in [5.41, 5.74) is 0.484. The van der Waals surface area contributed by atoms with Crippen LogP contribution in [0.2, 0.25) is 0 Å². The molecule has 1 fully saturated rings. The van der Waals surface area contributed by atoms with Crippen LogP contribution in [-0.4, -0.2) is 48.9 Å². The summed E-state index contributed by atoms with van der Waals surface area (Å²) in [6.45, 7) is 10.6. The fourth-order valence-electron chi connectivity index (χ4n) is 3.30. The smallest absolute Gasteiger partial charge is 0.374 e. The van der Waals surface area contributed by atoms with Crippen LogP contribution in [-0.2, 0) is 12.0 Å². The minimum Gasteiger partial charge on any atom is -0.475 e. The SMILES string of the molecule is CCn1cnnc1C1CCCN(c2cc(C(C)(C)C)nc(C(=O)O)n2)C1. The van der Waals surface area contributed by atoms with Gasteiger partial charge in [-0.05, 0) is 19.8 Å². The van der Waals surface area contributed by atoms with Crippen molar-refractivity contribution >= 4 is 11.8 Å². The van der Waals surface area contributed by atoms with Crippen molar-refractivity contribution in [1.29, 1.82) is 0 Å². The van der Waals surface area contributed by atoms with Crippen molar-refractivity contribution in [2.75, 3.05) is 18.0 Å². The number of aromatic carboxylic acids is 1. The van der Waals surface area contributed by atoms with Crippen LogP contribution < -0.4 is 4.90 Å². The number of aryl methyl sites for hydroxylation is 1. The minimum atomic E-state index is -1.10. The number of carboxylic acids is 1. The number of hydrogen-bond donors (Lipinski definition) is 1. The molecule has 0 spiro atoms. The number of anilines is 1. The molecule has 0 amide bonds. The Kier molecular flexibility index (Phi) is 4.93. The van der Waals surface area contributed by atoms with Crippen LogP contribution in [0.1, 0.15) is 68.6 Å². The van der Waals surface area contributed by atoms with Gasteiger partial charge in [0.05, 0.1) is 5.69 Å². The predicted molar refractivity (Wildman–Crippen MR) is 97.6 cm³/mol. The van der Waals surface area contributed by atoms with E-state index in [2.05, 4.69) is 36.6 Å². The van der Waals surface area contributed by atoms with Crippen LogP contribution in [0.3, 0.4) is 0 Å². The van der Waals surface area contributed by atoms with E-state index >= 15 is 0 Å². The first kappa shape index (κ1) is 18.3. The first-order valence-electron chi connectivity index (χ1n) is 9.05. The van der Waals surface area contributed by atoms with Gasteiger partial charge in [-0.2, -0.15) is 0 Å². The molecule has 3 rings (SSSR count). The van der Waals surface area contributed by atoms with E-state index in [4.69, 9.17) is 0 Å². The molecule has 0 radical (unpaired) electrons. The summed E-state index contributed by atoms with van der Waals surface area (Å²) >= 11 is 0. The second-order valence-corrected chi connectivity index (χ2v) is 7.75. The summed E-state index contributed by atoms with van der Waals surface area (Å²) < 4.78 is 2.07. The van der Waals surface area contributed by atoms with Crippen LogP contribution in [0.25, 0.3) is 0 Å². The van der Waals surface area contributed by atoms with E-state index in [9.17, 15) is 9.90 Å². The lowest BCUT2D eigenvalue weighted by Gasteiger charge is -2.34. The summed E-state index contributed by atoms with van der Waals surface area (Å²) in [5, 5.41) is 17.7. The predicted octanol–water partition coefficient (Wildman–Crippen LogP) is 2.47. The Morgan fingerprint density at radius 1 is 1.35 bits per heavy atom. The van der Waals surface area contributed by atoms with E-state index in [1.807, 2.05) is 26.8 Å². The molecule has 3 heterocycles. The van der Waals surface area contributed by atoms with Gasteiger partial charge in [0.25, 0.3) is 0 Å². The highest BCUT2D eigenvalue weighted by Gasteiger charge is 2.28. The maximum Gasteiger partial charge on any atom is 0.374 e. The van der Waals surface area contributed by atoms with Gasteiger partial charge in [0.15, 0.2) is 0 Å². The van der Waals surface area contributed by atoms with Crippen LogP contribution >= 0.6 is 0 Å². The fourth-order valence-corrected chi connectivity index (χ4v) is 3.30. The minimum absolute atomic E-state index is 0.147. The fraction of sp³-hybridized carbons (Fsp3) is 0.611. The van der Waals surface area contributed by atoms with E-state index < -0.39 is 5.97 Å². The topological polar surface area (TPSA) is 97.0 Å². The molecule has 0 aliphatic carbocycles. The van der Waals surface area contributed by atoms with Crippen molar-refractivity contribution in [3.05, 3.63) is 29.7 Å². The molecular weight excluding hydrogens is 332 g/mol. The van der Waals surface area contributed by atoms with E-state index in [1.165, 1.54) is 0 Å². The Labute approximate surface area is 153 Å². The molecule has 1 unspecified atom stereocenters. The number of carboxylic acid groups (broad SMARTS) is 1. The lowest BCUT2D eigenvalue weighted by atomic mass is 9.91. The summed E-state index contributed by atoms with van der Waals surface area (Å²) in [5.74, 6) is 0.672. The van der Waals surface area contributed by atoms with Crippen LogP contribution in [0, 0.1) is 0 Å². The highest BCUT2D eigenvalue weighted by Crippen LogP contribution is 2.30. The molecule has 140 valence electrons. The van der Waals surface area contributed by atoms with E-state index in [0.717, 1.165) is 44.0 Å². The third kappa shape index (κ3) is 3.68. The molecule has 2 aromatic heterocycles. The van der Waals surface area contributed by atoms with E-state index in [0.29, 0.717) is 5.82 Å². The van der Waals surface area contributed by atoms with Gasteiger partial charge in [-0.15, -0.1) is 10.2 Å². The Bertz CT molecular complexity index is 795. The van der Waals surface area contributed by atoms with Crippen LogP contribution in [0.4, 0.5) is 5.82 Å². The summed E-state index contributed by atoms with van der Waals surface area (Å²) in [7, 11) is 0. The van der Waals surface area contributed by atoms with Gasteiger partial charge < -0.3 is 14.6 Å². The number of rotatable bonds is 4. The summed E-state index contributed by atoms with van der Waals surface area (Å²) in [6.07, 6.45) is 3.80. The molecule has 1 atom stereocenters. The van der Waals surface area contributed by atoms with Gasteiger partial charge >= 0.3 is 5.97 Å². The van der Waals surface area contributed by atoms with Gasteiger partial charge in [0, 0.05) is 37.0 Å². The number of carbonyl (C=O) groups is 1. The average molecular weight is 358 g/mol. The Hall–Kier alpha value is -2.51. The van der Waals surface area contributed by atoms with Gasteiger partial charge in [0.2, 0.25) is 5.82 Å². The lowest BCUT2D eigenvalue weighted by Crippen LogP contribution is -2.36. The van der Waals surface area contributed by atoms with Gasteiger partial charge in [-0.25, -0.2) is 14.8 Å². The number of hydrogen-bond acceptors (Lipinski definition) is 6. The largest absolute Gasteiger partial charge is 0.475 e. The Balaban J connectivity index is 1.92. The third-order valence-electron chi connectivity index (χ3n) is 4.77. The monoisotopic (exact) mass is 358 g/mol. The first-order chi connectivity index (χ1) is 12.3. The highest BCUT2D eigenvalue weighted by atomic mass is 16.4.